The summed E-state index contributed by atoms with van der Waals surface area (Å²) in [4.78, 5) is 16.3. The molecule has 0 N–H and O–H groups in total. The van der Waals surface area contributed by atoms with Gasteiger partial charge in [0.25, 0.3) is 0 Å². The van der Waals surface area contributed by atoms with Crippen molar-refractivity contribution in [3.8, 4) is 5.69 Å². The molecule has 0 aliphatic carbocycles. The van der Waals surface area contributed by atoms with Gasteiger partial charge in [-0.15, -0.1) is 11.8 Å². The number of carbonyl (C=O) groups excluding carboxylic acids is 1. The predicted octanol–water partition coefficient (Wildman–Crippen LogP) is 3.47. The summed E-state index contributed by atoms with van der Waals surface area (Å²) < 4.78 is 7.06. The van der Waals surface area contributed by atoms with E-state index in [9.17, 15) is 4.79 Å². The van der Waals surface area contributed by atoms with Crippen molar-refractivity contribution in [1.82, 2.24) is 9.55 Å². The molecule has 1 aromatic heterocycles. The molecule has 1 aromatic carbocycles. The Morgan fingerprint density at radius 2 is 1.95 bits per heavy atom. The number of esters is 1. The molecule has 1 heterocycles. The van der Waals surface area contributed by atoms with E-state index in [0.29, 0.717) is 11.6 Å². The summed E-state index contributed by atoms with van der Waals surface area (Å²) in [6.07, 6.45) is 6.95. The number of carbonyl (C=O) groups is 1. The summed E-state index contributed by atoms with van der Waals surface area (Å²) in [6.45, 7) is 4.22. The lowest BCUT2D eigenvalue weighted by atomic mass is 10.0. The number of nitrogens with zero attached hydrogens (tertiary/aromatic N) is 2. The van der Waals surface area contributed by atoms with Gasteiger partial charge in [-0.1, -0.05) is 32.0 Å². The number of rotatable bonds is 6. The summed E-state index contributed by atoms with van der Waals surface area (Å²) in [6, 6.07) is 6.24. The molecule has 2 aromatic rings. The monoisotopic (exact) mass is 304 g/mol. The predicted molar refractivity (Wildman–Crippen MR) is 86.1 cm³/mol. The maximum absolute atomic E-state index is 12.2. The number of ether oxygens (including phenoxy) is 1. The Morgan fingerprint density at radius 3 is 2.52 bits per heavy atom. The maximum atomic E-state index is 12.2. The average Bonchev–Trinajstić information content (AvgIpc) is 3.00. The minimum absolute atomic E-state index is 0.338. The van der Waals surface area contributed by atoms with E-state index in [1.165, 1.54) is 22.9 Å². The Bertz CT molecular complexity index is 600. The van der Waals surface area contributed by atoms with Gasteiger partial charge in [0.15, 0.2) is 5.69 Å². The summed E-state index contributed by atoms with van der Waals surface area (Å²) >= 11 is 1.47. The van der Waals surface area contributed by atoms with Crippen molar-refractivity contribution < 1.29 is 9.53 Å². The molecule has 0 saturated carbocycles. The first kappa shape index (κ1) is 15.6. The number of aryl methyl sites for hydroxylation is 2. The Kier molecular flexibility index (Phi) is 5.44. The first-order valence-corrected chi connectivity index (χ1v) is 8.41. The van der Waals surface area contributed by atoms with E-state index < -0.39 is 0 Å². The Labute approximate surface area is 129 Å². The smallest absolute Gasteiger partial charge is 0.357 e. The van der Waals surface area contributed by atoms with Gasteiger partial charge in [-0.25, -0.2) is 9.78 Å². The molecular weight excluding hydrogens is 284 g/mol. The van der Waals surface area contributed by atoms with Gasteiger partial charge in [-0.2, -0.15) is 0 Å². The van der Waals surface area contributed by atoms with Crippen LogP contribution in [-0.2, 0) is 17.6 Å². The fraction of sp³-hybridized carbons (Fsp3) is 0.375. The summed E-state index contributed by atoms with van der Waals surface area (Å²) in [7, 11) is 0. The van der Waals surface area contributed by atoms with Crippen LogP contribution in [0.25, 0.3) is 5.69 Å². The van der Waals surface area contributed by atoms with Crippen molar-refractivity contribution >= 4 is 17.7 Å². The van der Waals surface area contributed by atoms with Crippen molar-refractivity contribution in [3.63, 3.8) is 0 Å². The lowest BCUT2D eigenvalue weighted by Crippen LogP contribution is -2.13. The highest BCUT2D eigenvalue weighted by Crippen LogP contribution is 2.23. The van der Waals surface area contributed by atoms with Gasteiger partial charge in [-0.3, -0.25) is 4.57 Å². The Balaban J connectivity index is 2.48. The van der Waals surface area contributed by atoms with Gasteiger partial charge in [0, 0.05) is 0 Å². The van der Waals surface area contributed by atoms with Crippen LogP contribution in [0.15, 0.2) is 30.7 Å². The highest BCUT2D eigenvalue weighted by Gasteiger charge is 2.17. The van der Waals surface area contributed by atoms with E-state index in [1.807, 2.05) is 10.8 Å². The van der Waals surface area contributed by atoms with Crippen LogP contribution in [0.4, 0.5) is 0 Å². The van der Waals surface area contributed by atoms with Crippen molar-refractivity contribution in [2.75, 3.05) is 12.2 Å². The fourth-order valence-corrected chi connectivity index (χ4v) is 2.56. The van der Waals surface area contributed by atoms with Crippen LogP contribution in [0.3, 0.4) is 0 Å². The van der Waals surface area contributed by atoms with Crippen LogP contribution >= 0.6 is 11.8 Å². The van der Waals surface area contributed by atoms with E-state index in [2.05, 4.69) is 37.0 Å². The third-order valence-corrected chi connectivity index (χ3v) is 3.71. The number of aromatic nitrogens is 2. The Morgan fingerprint density at radius 1 is 1.29 bits per heavy atom. The highest BCUT2D eigenvalue weighted by atomic mass is 32.2. The zero-order valence-corrected chi connectivity index (χ0v) is 13.4. The average molecular weight is 304 g/mol. The number of imidazole rings is 1. The van der Waals surface area contributed by atoms with Crippen LogP contribution in [0.5, 0.6) is 0 Å². The molecule has 5 heteroatoms. The standard InChI is InChI=1S/C16H20N2O2S/c1-4-12-7-6-8-13(5-2)15(12)18-10-17-9-14(18)16(19)20-11-21-3/h6-10H,4-5,11H2,1-3H3. The molecule has 112 valence electrons. The largest absolute Gasteiger partial charge is 0.450 e. The quantitative estimate of drug-likeness (QED) is 0.605. The molecule has 21 heavy (non-hydrogen) atoms. The first-order valence-electron chi connectivity index (χ1n) is 7.02. The molecule has 0 atom stereocenters. The zero-order valence-electron chi connectivity index (χ0n) is 12.6. The van der Waals surface area contributed by atoms with Gasteiger partial charge in [0.1, 0.15) is 5.94 Å². The minimum atomic E-state index is -0.338. The molecule has 0 saturated heterocycles. The molecule has 0 spiro atoms. The van der Waals surface area contributed by atoms with Gasteiger partial charge in [0.2, 0.25) is 0 Å². The molecule has 0 aliphatic rings. The summed E-state index contributed by atoms with van der Waals surface area (Å²) in [5.74, 6) is 0.00915. The van der Waals surface area contributed by atoms with Crippen LogP contribution in [-0.4, -0.2) is 27.7 Å². The first-order chi connectivity index (χ1) is 10.2. The second kappa shape index (κ2) is 7.31. The molecule has 0 bridgehead atoms. The van der Waals surface area contributed by atoms with Crippen LogP contribution in [0.1, 0.15) is 35.5 Å². The summed E-state index contributed by atoms with van der Waals surface area (Å²) in [5, 5.41) is 0. The van der Waals surface area contributed by atoms with Crippen LogP contribution in [0, 0.1) is 0 Å². The third kappa shape index (κ3) is 3.29. The van der Waals surface area contributed by atoms with Gasteiger partial charge in [0.05, 0.1) is 18.2 Å². The summed E-state index contributed by atoms with van der Waals surface area (Å²) in [5.41, 5.74) is 3.92. The molecule has 2 rings (SSSR count). The lowest BCUT2D eigenvalue weighted by Gasteiger charge is -2.16. The molecule has 0 radical (unpaired) electrons. The van der Waals surface area contributed by atoms with Crippen LogP contribution in [0.2, 0.25) is 0 Å². The fourth-order valence-electron chi connectivity index (χ4n) is 2.34. The maximum Gasteiger partial charge on any atom is 0.357 e. The molecule has 0 aliphatic heterocycles. The van der Waals surface area contributed by atoms with E-state index in [4.69, 9.17) is 4.74 Å². The SMILES string of the molecule is CCc1cccc(CC)c1-n1cncc1C(=O)OCSC. The number of hydrogen-bond donors (Lipinski definition) is 0. The zero-order chi connectivity index (χ0) is 15.2. The Hall–Kier alpha value is -1.75. The van der Waals surface area contributed by atoms with Crippen molar-refractivity contribution in [1.29, 1.82) is 0 Å². The van der Waals surface area contributed by atoms with Crippen LogP contribution < -0.4 is 0 Å². The molecule has 0 fully saturated rings. The topological polar surface area (TPSA) is 44.1 Å². The van der Waals surface area contributed by atoms with Gasteiger partial charge < -0.3 is 4.74 Å². The normalized spacial score (nSPS) is 10.6. The molecule has 0 amide bonds. The van der Waals surface area contributed by atoms with Crippen molar-refractivity contribution in [3.05, 3.63) is 47.5 Å². The number of hydrogen-bond acceptors (Lipinski definition) is 4. The highest BCUT2D eigenvalue weighted by molar-refractivity contribution is 7.98. The lowest BCUT2D eigenvalue weighted by molar-refractivity contribution is 0.0570. The molecule has 0 unspecified atom stereocenters. The number of benzene rings is 1. The number of thioether (sulfide) groups is 1. The van der Waals surface area contributed by atoms with Crippen molar-refractivity contribution in [2.45, 2.75) is 26.7 Å². The van der Waals surface area contributed by atoms with Crippen molar-refractivity contribution in [2.24, 2.45) is 0 Å². The minimum Gasteiger partial charge on any atom is -0.450 e. The van der Waals surface area contributed by atoms with Gasteiger partial charge >= 0.3 is 5.97 Å². The second-order valence-electron chi connectivity index (χ2n) is 4.62. The van der Waals surface area contributed by atoms with Gasteiger partial charge in [-0.05, 0) is 30.2 Å². The van der Waals surface area contributed by atoms with E-state index in [0.717, 1.165) is 18.5 Å². The number of para-hydroxylation sites is 1. The van der Waals surface area contributed by atoms with E-state index in [-0.39, 0.29) is 5.97 Å². The van der Waals surface area contributed by atoms with E-state index >= 15 is 0 Å². The van der Waals surface area contributed by atoms with E-state index in [1.54, 1.807) is 12.5 Å². The molecular formula is C16H20N2O2S. The second-order valence-corrected chi connectivity index (χ2v) is 5.43. The molecule has 4 nitrogen and oxygen atoms in total. The third-order valence-electron chi connectivity index (χ3n) is 3.36.